The lowest BCUT2D eigenvalue weighted by Gasteiger charge is -2.10. The zero-order valence-electron chi connectivity index (χ0n) is 11.6. The Morgan fingerprint density at radius 1 is 1.33 bits per heavy atom. The van der Waals surface area contributed by atoms with Crippen molar-refractivity contribution in [3.8, 4) is 0 Å². The third kappa shape index (κ3) is 5.31. The second-order valence-electron chi connectivity index (χ2n) is 4.58. The fourth-order valence-corrected chi connectivity index (χ4v) is 1.47. The number of aromatic nitrogens is 2. The zero-order chi connectivity index (χ0) is 13.4. The van der Waals surface area contributed by atoms with E-state index in [0.717, 1.165) is 44.2 Å². The summed E-state index contributed by atoms with van der Waals surface area (Å²) in [5.41, 5.74) is 5.75. The molecule has 0 spiro atoms. The van der Waals surface area contributed by atoms with E-state index in [0.29, 0.717) is 5.82 Å². The summed E-state index contributed by atoms with van der Waals surface area (Å²) in [5, 5.41) is 3.25. The Kier molecular flexibility index (Phi) is 6.43. The predicted molar refractivity (Wildman–Crippen MR) is 74.8 cm³/mol. The lowest BCUT2D eigenvalue weighted by atomic mass is 10.2. The number of hydrogen-bond donors (Lipinski definition) is 2. The summed E-state index contributed by atoms with van der Waals surface area (Å²) in [7, 11) is 0. The molecule has 18 heavy (non-hydrogen) atoms. The number of rotatable bonds is 8. The first-order valence-corrected chi connectivity index (χ1v) is 6.59. The maximum absolute atomic E-state index is 5.75. The highest BCUT2D eigenvalue weighted by atomic mass is 16.5. The van der Waals surface area contributed by atoms with Gasteiger partial charge in [-0.25, -0.2) is 9.97 Å². The summed E-state index contributed by atoms with van der Waals surface area (Å²) in [6.07, 6.45) is 2.02. The molecule has 0 aliphatic heterocycles. The average molecular weight is 252 g/mol. The molecular formula is C13H24N4O. The van der Waals surface area contributed by atoms with Crippen LogP contribution in [0.2, 0.25) is 0 Å². The van der Waals surface area contributed by atoms with E-state index in [1.54, 1.807) is 6.07 Å². The topological polar surface area (TPSA) is 73.1 Å². The summed E-state index contributed by atoms with van der Waals surface area (Å²) in [6, 6.07) is 1.76. The Bertz CT molecular complexity index is 355. The van der Waals surface area contributed by atoms with E-state index in [-0.39, 0.29) is 5.92 Å². The number of anilines is 2. The first-order valence-electron chi connectivity index (χ1n) is 6.59. The molecule has 1 aromatic rings. The van der Waals surface area contributed by atoms with Crippen LogP contribution < -0.4 is 11.1 Å². The zero-order valence-corrected chi connectivity index (χ0v) is 11.6. The summed E-state index contributed by atoms with van der Waals surface area (Å²) < 4.78 is 5.41. The van der Waals surface area contributed by atoms with Gasteiger partial charge in [-0.1, -0.05) is 20.8 Å². The molecule has 0 fully saturated rings. The van der Waals surface area contributed by atoms with Crippen molar-refractivity contribution >= 4 is 11.6 Å². The molecule has 3 N–H and O–H groups in total. The molecule has 0 atom stereocenters. The molecule has 0 saturated heterocycles. The number of nitrogens with one attached hydrogen (secondary N) is 1. The summed E-state index contributed by atoms with van der Waals surface area (Å²) >= 11 is 0. The molecule has 0 amide bonds. The Balaban J connectivity index is 2.37. The summed E-state index contributed by atoms with van der Waals surface area (Å²) in [4.78, 5) is 8.63. The number of nitrogen functional groups attached to an aromatic ring is 1. The molecule has 0 aromatic carbocycles. The lowest BCUT2D eigenvalue weighted by Crippen LogP contribution is -2.10. The number of hydrogen-bond acceptors (Lipinski definition) is 5. The molecule has 0 aliphatic carbocycles. The SMILES string of the molecule is CCCOCCCNc1cc(N)nc(C(C)C)n1. The van der Waals surface area contributed by atoms with Gasteiger partial charge >= 0.3 is 0 Å². The smallest absolute Gasteiger partial charge is 0.135 e. The summed E-state index contributed by atoms with van der Waals surface area (Å²) in [5.74, 6) is 2.36. The van der Waals surface area contributed by atoms with E-state index in [1.807, 2.05) is 0 Å². The first-order chi connectivity index (χ1) is 8.63. The molecule has 1 heterocycles. The Morgan fingerprint density at radius 3 is 2.78 bits per heavy atom. The van der Waals surface area contributed by atoms with E-state index in [2.05, 4.69) is 36.1 Å². The van der Waals surface area contributed by atoms with Crippen molar-refractivity contribution in [2.45, 2.75) is 39.5 Å². The van der Waals surface area contributed by atoms with Crippen LogP contribution in [0.3, 0.4) is 0 Å². The van der Waals surface area contributed by atoms with E-state index in [1.165, 1.54) is 0 Å². The van der Waals surface area contributed by atoms with Gasteiger partial charge < -0.3 is 15.8 Å². The molecule has 5 heteroatoms. The van der Waals surface area contributed by atoms with Gasteiger partial charge in [0, 0.05) is 31.7 Å². The summed E-state index contributed by atoms with van der Waals surface area (Å²) in [6.45, 7) is 8.65. The highest BCUT2D eigenvalue weighted by molar-refractivity contribution is 5.44. The lowest BCUT2D eigenvalue weighted by molar-refractivity contribution is 0.134. The van der Waals surface area contributed by atoms with Gasteiger partial charge in [0.2, 0.25) is 0 Å². The molecule has 0 radical (unpaired) electrons. The number of ether oxygens (including phenoxy) is 1. The van der Waals surface area contributed by atoms with Crippen LogP contribution in [-0.4, -0.2) is 29.7 Å². The van der Waals surface area contributed by atoms with Gasteiger partial charge in [-0.3, -0.25) is 0 Å². The maximum atomic E-state index is 5.75. The predicted octanol–water partition coefficient (Wildman–Crippen LogP) is 2.41. The Hall–Kier alpha value is -1.36. The maximum Gasteiger partial charge on any atom is 0.135 e. The van der Waals surface area contributed by atoms with Crippen LogP contribution >= 0.6 is 0 Å². The van der Waals surface area contributed by atoms with Gasteiger partial charge in [-0.05, 0) is 12.8 Å². The van der Waals surface area contributed by atoms with Crippen LogP contribution in [0, 0.1) is 0 Å². The van der Waals surface area contributed by atoms with Crippen LogP contribution in [0.25, 0.3) is 0 Å². The molecular weight excluding hydrogens is 228 g/mol. The van der Waals surface area contributed by atoms with Crippen LogP contribution in [0.15, 0.2) is 6.07 Å². The first kappa shape index (κ1) is 14.7. The van der Waals surface area contributed by atoms with Gasteiger partial charge in [0.25, 0.3) is 0 Å². The second kappa shape index (κ2) is 7.87. The molecule has 5 nitrogen and oxygen atoms in total. The third-order valence-corrected chi connectivity index (χ3v) is 2.40. The molecule has 1 aromatic heterocycles. The fourth-order valence-electron chi connectivity index (χ4n) is 1.47. The van der Waals surface area contributed by atoms with Crippen molar-refractivity contribution < 1.29 is 4.74 Å². The van der Waals surface area contributed by atoms with Crippen molar-refractivity contribution in [1.29, 1.82) is 0 Å². The van der Waals surface area contributed by atoms with Gasteiger partial charge in [-0.2, -0.15) is 0 Å². The van der Waals surface area contributed by atoms with Crippen molar-refractivity contribution in [2.75, 3.05) is 30.8 Å². The Labute approximate surface area is 109 Å². The standard InChI is InChI=1S/C13H24N4O/c1-4-7-18-8-5-6-15-12-9-11(14)16-13(17-12)10(2)3/h9-10H,4-8H2,1-3H3,(H3,14,15,16,17). The Morgan fingerprint density at radius 2 is 2.11 bits per heavy atom. The van der Waals surface area contributed by atoms with Gasteiger partial charge in [-0.15, -0.1) is 0 Å². The van der Waals surface area contributed by atoms with Crippen molar-refractivity contribution in [3.05, 3.63) is 11.9 Å². The van der Waals surface area contributed by atoms with Crippen LogP contribution in [0.4, 0.5) is 11.6 Å². The number of nitrogens with zero attached hydrogens (tertiary/aromatic N) is 2. The van der Waals surface area contributed by atoms with E-state index < -0.39 is 0 Å². The van der Waals surface area contributed by atoms with E-state index in [4.69, 9.17) is 10.5 Å². The van der Waals surface area contributed by atoms with Crippen molar-refractivity contribution in [1.82, 2.24) is 9.97 Å². The third-order valence-electron chi connectivity index (χ3n) is 2.40. The van der Waals surface area contributed by atoms with E-state index >= 15 is 0 Å². The molecule has 0 aliphatic rings. The highest BCUT2D eigenvalue weighted by Crippen LogP contribution is 2.14. The van der Waals surface area contributed by atoms with Gasteiger partial charge in [0.05, 0.1) is 0 Å². The molecule has 0 saturated carbocycles. The van der Waals surface area contributed by atoms with Gasteiger partial charge in [0.1, 0.15) is 17.5 Å². The minimum Gasteiger partial charge on any atom is -0.384 e. The van der Waals surface area contributed by atoms with Crippen molar-refractivity contribution in [2.24, 2.45) is 0 Å². The second-order valence-corrected chi connectivity index (χ2v) is 4.58. The fraction of sp³-hybridized carbons (Fsp3) is 0.692. The molecule has 0 unspecified atom stereocenters. The molecule has 102 valence electrons. The largest absolute Gasteiger partial charge is 0.384 e. The normalized spacial score (nSPS) is 10.9. The number of nitrogens with two attached hydrogens (primary N) is 1. The highest BCUT2D eigenvalue weighted by Gasteiger charge is 2.05. The minimum atomic E-state index is 0.280. The van der Waals surface area contributed by atoms with Crippen LogP contribution in [-0.2, 0) is 4.74 Å². The minimum absolute atomic E-state index is 0.280. The monoisotopic (exact) mass is 252 g/mol. The van der Waals surface area contributed by atoms with Gasteiger partial charge in [0.15, 0.2) is 0 Å². The molecule has 1 rings (SSSR count). The van der Waals surface area contributed by atoms with E-state index in [9.17, 15) is 0 Å². The average Bonchev–Trinajstić information content (AvgIpc) is 2.33. The van der Waals surface area contributed by atoms with Crippen molar-refractivity contribution in [3.63, 3.8) is 0 Å². The van der Waals surface area contributed by atoms with Crippen LogP contribution in [0.1, 0.15) is 45.4 Å². The van der Waals surface area contributed by atoms with Crippen LogP contribution in [0.5, 0.6) is 0 Å². The quantitative estimate of drug-likeness (QED) is 0.695. The molecule has 0 bridgehead atoms.